The van der Waals surface area contributed by atoms with Crippen LogP contribution in [0, 0.1) is 0 Å². The van der Waals surface area contributed by atoms with Gasteiger partial charge in [-0.05, 0) is 35.5 Å². The molecule has 0 aliphatic rings. The summed E-state index contributed by atoms with van der Waals surface area (Å²) in [7, 11) is 0. The second kappa shape index (κ2) is 5.95. The molecule has 3 aromatic rings. The van der Waals surface area contributed by atoms with E-state index in [1.807, 2.05) is 12.1 Å². The highest BCUT2D eigenvalue weighted by atomic mass is 32.2. The van der Waals surface area contributed by atoms with Crippen molar-refractivity contribution >= 4 is 34.9 Å². The smallest absolute Gasteiger partial charge is 0.342 e. The molecule has 0 aliphatic carbocycles. The van der Waals surface area contributed by atoms with Crippen molar-refractivity contribution in [2.45, 2.75) is 5.22 Å². The second-order valence-corrected chi connectivity index (χ2v) is 5.43. The standard InChI is InChI=1S/C16H11NO4S/c18-11-5-3-4-10(8-11)9-14(15(19)20)22-16-17-12-6-1-2-7-13(12)21-16/h1-9,18H,(H,19,20)/p-1/b14-9+. The number of carboxylic acids is 1. The van der Waals surface area contributed by atoms with Crippen molar-refractivity contribution in [3.8, 4) is 5.75 Å². The Kier molecular flexibility index (Phi) is 3.84. The van der Waals surface area contributed by atoms with Gasteiger partial charge in [0.2, 0.25) is 0 Å². The molecule has 0 amide bonds. The number of hydrogen-bond acceptors (Lipinski definition) is 5. The highest BCUT2D eigenvalue weighted by Gasteiger charge is 2.14. The number of benzene rings is 2. The summed E-state index contributed by atoms with van der Waals surface area (Å²) in [5, 5.41) is 20.9. The van der Waals surface area contributed by atoms with Gasteiger partial charge in [0.05, 0.1) is 0 Å². The van der Waals surface area contributed by atoms with Gasteiger partial charge < -0.3 is 14.6 Å². The molecular weight excluding hydrogens is 302 g/mol. The summed E-state index contributed by atoms with van der Waals surface area (Å²) in [5.74, 6) is -1.28. The molecule has 0 fully saturated rings. The molecule has 0 spiro atoms. The number of carbonyl (C=O) groups is 1. The maximum Gasteiger partial charge on any atom is 0.342 e. The van der Waals surface area contributed by atoms with Crippen LogP contribution in [0.2, 0.25) is 0 Å². The minimum Gasteiger partial charge on any atom is -0.872 e. The van der Waals surface area contributed by atoms with Gasteiger partial charge in [-0.3, -0.25) is 0 Å². The fourth-order valence-electron chi connectivity index (χ4n) is 1.88. The van der Waals surface area contributed by atoms with Crippen molar-refractivity contribution in [1.29, 1.82) is 0 Å². The molecule has 0 bridgehead atoms. The number of thioether (sulfide) groups is 1. The highest BCUT2D eigenvalue weighted by Crippen LogP contribution is 2.30. The number of rotatable bonds is 4. The van der Waals surface area contributed by atoms with Gasteiger partial charge in [0, 0.05) is 0 Å². The Labute approximate surface area is 129 Å². The van der Waals surface area contributed by atoms with E-state index in [1.54, 1.807) is 24.3 Å². The van der Waals surface area contributed by atoms with Gasteiger partial charge in [0.1, 0.15) is 10.4 Å². The van der Waals surface area contributed by atoms with Gasteiger partial charge in [0.25, 0.3) is 5.22 Å². The summed E-state index contributed by atoms with van der Waals surface area (Å²) < 4.78 is 5.50. The molecular formula is C16H10NO4S-. The number of fused-ring (bicyclic) bond motifs is 1. The third kappa shape index (κ3) is 3.12. The number of aliphatic carboxylic acids is 1. The Hall–Kier alpha value is -2.73. The first kappa shape index (κ1) is 14.2. The van der Waals surface area contributed by atoms with Gasteiger partial charge in [-0.2, -0.15) is 0 Å². The van der Waals surface area contributed by atoms with E-state index < -0.39 is 5.97 Å². The zero-order chi connectivity index (χ0) is 15.5. The Morgan fingerprint density at radius 3 is 2.77 bits per heavy atom. The molecule has 0 unspecified atom stereocenters. The first-order valence-corrected chi connectivity index (χ1v) is 7.19. The highest BCUT2D eigenvalue weighted by molar-refractivity contribution is 8.03. The number of nitrogens with zero attached hydrogens (tertiary/aromatic N) is 1. The van der Waals surface area contributed by atoms with Crippen molar-refractivity contribution in [2.24, 2.45) is 0 Å². The first-order valence-electron chi connectivity index (χ1n) is 6.37. The summed E-state index contributed by atoms with van der Waals surface area (Å²) >= 11 is 0.905. The molecule has 0 saturated carbocycles. The van der Waals surface area contributed by atoms with Crippen LogP contribution < -0.4 is 5.11 Å². The molecule has 5 nitrogen and oxygen atoms in total. The predicted molar refractivity (Wildman–Crippen MR) is 81.4 cm³/mol. The maximum absolute atomic E-state index is 11.4. The Bertz CT molecular complexity index is 836. The summed E-state index contributed by atoms with van der Waals surface area (Å²) in [6.45, 7) is 0. The van der Waals surface area contributed by atoms with Crippen LogP contribution in [-0.2, 0) is 4.79 Å². The first-order chi connectivity index (χ1) is 10.6. The lowest BCUT2D eigenvalue weighted by Crippen LogP contribution is -1.97. The molecule has 1 aromatic heterocycles. The van der Waals surface area contributed by atoms with E-state index in [-0.39, 0.29) is 15.9 Å². The van der Waals surface area contributed by atoms with Gasteiger partial charge in [0.15, 0.2) is 5.58 Å². The third-order valence-electron chi connectivity index (χ3n) is 2.84. The molecule has 6 heteroatoms. The number of oxazole rings is 1. The molecule has 0 atom stereocenters. The lowest BCUT2D eigenvalue weighted by atomic mass is 10.2. The van der Waals surface area contributed by atoms with E-state index in [4.69, 9.17) is 4.42 Å². The summed E-state index contributed by atoms with van der Waals surface area (Å²) in [5.41, 5.74) is 1.78. The van der Waals surface area contributed by atoms with Crippen LogP contribution in [-0.4, -0.2) is 16.1 Å². The minimum atomic E-state index is -1.11. The normalized spacial score (nSPS) is 11.7. The SMILES string of the molecule is O=C(O)/C(=C\c1cccc([O-])c1)Sc1nc2ccccc2o1. The minimum absolute atomic E-state index is 0.0251. The topological polar surface area (TPSA) is 86.4 Å². The summed E-state index contributed by atoms with van der Waals surface area (Å²) in [4.78, 5) is 15.6. The van der Waals surface area contributed by atoms with E-state index in [2.05, 4.69) is 4.98 Å². The fraction of sp³-hybridized carbons (Fsp3) is 0. The maximum atomic E-state index is 11.4. The summed E-state index contributed by atoms with van der Waals surface area (Å²) in [6.07, 6.45) is 1.42. The fourth-order valence-corrected chi connectivity index (χ4v) is 2.63. The van der Waals surface area contributed by atoms with E-state index >= 15 is 0 Å². The molecule has 1 heterocycles. The van der Waals surface area contributed by atoms with Crippen LogP contribution in [0.4, 0.5) is 0 Å². The van der Waals surface area contributed by atoms with Gasteiger partial charge in [-0.15, -0.1) is 5.75 Å². The molecule has 3 rings (SSSR count). The molecule has 0 radical (unpaired) electrons. The van der Waals surface area contributed by atoms with Crippen LogP contribution in [0.5, 0.6) is 5.75 Å². The van der Waals surface area contributed by atoms with Crippen LogP contribution in [0.25, 0.3) is 17.2 Å². The van der Waals surface area contributed by atoms with E-state index in [0.29, 0.717) is 16.7 Å². The molecule has 0 aliphatic heterocycles. The van der Waals surface area contributed by atoms with Crippen molar-refractivity contribution in [3.63, 3.8) is 0 Å². The second-order valence-electron chi connectivity index (χ2n) is 4.44. The average molecular weight is 312 g/mol. The largest absolute Gasteiger partial charge is 0.872 e. The van der Waals surface area contributed by atoms with E-state index in [1.165, 1.54) is 18.2 Å². The Morgan fingerprint density at radius 1 is 1.23 bits per heavy atom. The lowest BCUT2D eigenvalue weighted by Gasteiger charge is -2.05. The van der Waals surface area contributed by atoms with Gasteiger partial charge >= 0.3 is 5.97 Å². The number of hydrogen-bond donors (Lipinski definition) is 1. The number of aromatic nitrogens is 1. The van der Waals surface area contributed by atoms with Crippen molar-refractivity contribution in [3.05, 3.63) is 59.0 Å². The van der Waals surface area contributed by atoms with Crippen LogP contribution in [0.1, 0.15) is 5.56 Å². The zero-order valence-corrected chi connectivity index (χ0v) is 12.0. The monoisotopic (exact) mass is 312 g/mol. The van der Waals surface area contributed by atoms with Crippen LogP contribution in [0.3, 0.4) is 0 Å². The summed E-state index contributed by atoms with van der Waals surface area (Å²) in [6, 6.07) is 13.2. The number of para-hydroxylation sites is 2. The third-order valence-corrected chi connectivity index (χ3v) is 3.70. The van der Waals surface area contributed by atoms with Crippen LogP contribution >= 0.6 is 11.8 Å². The Balaban J connectivity index is 1.93. The lowest BCUT2D eigenvalue weighted by molar-refractivity contribution is -0.268. The van der Waals surface area contributed by atoms with Gasteiger partial charge in [-0.25, -0.2) is 9.78 Å². The Morgan fingerprint density at radius 2 is 2.05 bits per heavy atom. The van der Waals surface area contributed by atoms with Crippen molar-refractivity contribution < 1.29 is 19.4 Å². The van der Waals surface area contributed by atoms with Crippen LogP contribution in [0.15, 0.2) is 63.1 Å². The average Bonchev–Trinajstić information content (AvgIpc) is 2.89. The van der Waals surface area contributed by atoms with Crippen molar-refractivity contribution in [2.75, 3.05) is 0 Å². The molecule has 2 aromatic carbocycles. The zero-order valence-electron chi connectivity index (χ0n) is 11.2. The molecule has 0 saturated heterocycles. The van der Waals surface area contributed by atoms with Gasteiger partial charge in [-0.1, -0.05) is 36.4 Å². The molecule has 1 N–H and O–H groups in total. The molecule has 110 valence electrons. The quantitative estimate of drug-likeness (QED) is 0.588. The molecule has 22 heavy (non-hydrogen) atoms. The predicted octanol–water partition coefficient (Wildman–Crippen LogP) is 3.12. The number of carboxylic acid groups (broad SMARTS) is 1. The van der Waals surface area contributed by atoms with Crippen molar-refractivity contribution in [1.82, 2.24) is 4.98 Å². The van der Waals surface area contributed by atoms with E-state index in [0.717, 1.165) is 11.8 Å². The van der Waals surface area contributed by atoms with E-state index in [9.17, 15) is 15.0 Å².